The molecule has 1 aliphatic rings. The van der Waals surface area contributed by atoms with Crippen LogP contribution in [0.1, 0.15) is 13.8 Å². The SMILES string of the molecule is CC1(C)C(OC(N)=O)C(=O)N1O. The molecule has 0 aromatic heterocycles. The number of ether oxygens (including phenoxy) is 1. The van der Waals surface area contributed by atoms with Crippen LogP contribution in [0.15, 0.2) is 0 Å². The molecule has 1 atom stereocenters. The number of hydrogen-bond acceptors (Lipinski definition) is 4. The molecule has 0 saturated carbocycles. The Balaban J connectivity index is 2.68. The molecular formula is C6H10N2O4. The van der Waals surface area contributed by atoms with Crippen LogP contribution in [-0.2, 0) is 9.53 Å². The van der Waals surface area contributed by atoms with E-state index in [0.29, 0.717) is 5.06 Å². The van der Waals surface area contributed by atoms with Crippen molar-refractivity contribution in [2.45, 2.75) is 25.5 Å². The number of amides is 2. The number of hydrogen-bond donors (Lipinski definition) is 2. The molecule has 6 nitrogen and oxygen atoms in total. The van der Waals surface area contributed by atoms with Crippen LogP contribution in [0.3, 0.4) is 0 Å². The van der Waals surface area contributed by atoms with E-state index in [9.17, 15) is 9.59 Å². The lowest BCUT2D eigenvalue weighted by atomic mass is 9.87. The Labute approximate surface area is 68.8 Å². The van der Waals surface area contributed by atoms with E-state index in [1.54, 1.807) is 13.8 Å². The molecule has 1 unspecified atom stereocenters. The summed E-state index contributed by atoms with van der Waals surface area (Å²) >= 11 is 0. The summed E-state index contributed by atoms with van der Waals surface area (Å²) in [7, 11) is 0. The molecule has 1 aliphatic heterocycles. The Morgan fingerprint density at radius 1 is 1.75 bits per heavy atom. The molecule has 68 valence electrons. The number of hydroxylamine groups is 2. The van der Waals surface area contributed by atoms with Crippen molar-refractivity contribution in [1.82, 2.24) is 5.06 Å². The molecular weight excluding hydrogens is 164 g/mol. The molecule has 0 aromatic carbocycles. The maximum atomic E-state index is 10.9. The van der Waals surface area contributed by atoms with E-state index < -0.39 is 23.6 Å². The number of carbonyl (C=O) groups excluding carboxylic acids is 2. The first-order chi connectivity index (χ1) is 5.37. The number of rotatable bonds is 1. The maximum absolute atomic E-state index is 10.9. The zero-order chi connectivity index (χ0) is 9.52. The number of carbonyl (C=O) groups is 2. The summed E-state index contributed by atoms with van der Waals surface area (Å²) < 4.78 is 4.47. The number of β-lactam (4-membered cyclic amide) rings is 1. The molecule has 12 heavy (non-hydrogen) atoms. The minimum Gasteiger partial charge on any atom is -0.434 e. The Hall–Kier alpha value is -1.30. The lowest BCUT2D eigenvalue weighted by molar-refractivity contribution is -0.254. The van der Waals surface area contributed by atoms with Gasteiger partial charge < -0.3 is 10.5 Å². The van der Waals surface area contributed by atoms with Crippen LogP contribution in [-0.4, -0.2) is 33.9 Å². The first kappa shape index (κ1) is 8.79. The summed E-state index contributed by atoms with van der Waals surface area (Å²) in [5.74, 6) is -0.654. The summed E-state index contributed by atoms with van der Waals surface area (Å²) in [6.07, 6.45) is -1.99. The van der Waals surface area contributed by atoms with Gasteiger partial charge in [-0.3, -0.25) is 10.0 Å². The van der Waals surface area contributed by atoms with Crippen molar-refractivity contribution < 1.29 is 19.5 Å². The van der Waals surface area contributed by atoms with Crippen molar-refractivity contribution in [3.05, 3.63) is 0 Å². The molecule has 0 spiro atoms. The normalized spacial score (nSPS) is 26.4. The van der Waals surface area contributed by atoms with E-state index in [1.165, 1.54) is 0 Å². The summed E-state index contributed by atoms with van der Waals surface area (Å²) in [4.78, 5) is 21.1. The van der Waals surface area contributed by atoms with Crippen LogP contribution in [0, 0.1) is 0 Å². The van der Waals surface area contributed by atoms with E-state index in [4.69, 9.17) is 10.9 Å². The van der Waals surface area contributed by atoms with Gasteiger partial charge >= 0.3 is 6.09 Å². The summed E-state index contributed by atoms with van der Waals surface area (Å²) in [6.45, 7) is 3.12. The molecule has 3 N–H and O–H groups in total. The zero-order valence-corrected chi connectivity index (χ0v) is 6.77. The van der Waals surface area contributed by atoms with Gasteiger partial charge in [0, 0.05) is 0 Å². The quantitative estimate of drug-likeness (QED) is 0.412. The molecule has 1 heterocycles. The first-order valence-electron chi connectivity index (χ1n) is 3.36. The van der Waals surface area contributed by atoms with Crippen molar-refractivity contribution in [2.24, 2.45) is 5.73 Å². The molecule has 1 fully saturated rings. The van der Waals surface area contributed by atoms with Gasteiger partial charge in [-0.05, 0) is 13.8 Å². The topological polar surface area (TPSA) is 92.9 Å². The van der Waals surface area contributed by atoms with Gasteiger partial charge in [0.2, 0.25) is 6.10 Å². The molecule has 2 amide bonds. The average Bonchev–Trinajstić information content (AvgIpc) is 1.98. The van der Waals surface area contributed by atoms with Crippen molar-refractivity contribution >= 4 is 12.0 Å². The Kier molecular flexibility index (Phi) is 1.72. The Bertz CT molecular complexity index is 238. The van der Waals surface area contributed by atoms with Crippen molar-refractivity contribution in [1.29, 1.82) is 0 Å². The van der Waals surface area contributed by atoms with Crippen LogP contribution in [0.4, 0.5) is 4.79 Å². The third-order valence-electron chi connectivity index (χ3n) is 1.85. The second kappa shape index (κ2) is 2.34. The standard InChI is InChI=1S/C6H10N2O4/c1-6(2)3(12-5(7)10)4(9)8(6)11/h3,11H,1-2H3,(H2,7,10). The predicted molar refractivity (Wildman–Crippen MR) is 37.2 cm³/mol. The van der Waals surface area contributed by atoms with E-state index in [-0.39, 0.29) is 0 Å². The smallest absolute Gasteiger partial charge is 0.405 e. The molecule has 0 bridgehead atoms. The fraction of sp³-hybridized carbons (Fsp3) is 0.667. The van der Waals surface area contributed by atoms with Crippen molar-refractivity contribution in [3.63, 3.8) is 0 Å². The number of primary amides is 1. The van der Waals surface area contributed by atoms with Crippen LogP contribution in [0.25, 0.3) is 0 Å². The molecule has 1 rings (SSSR count). The van der Waals surface area contributed by atoms with Gasteiger partial charge in [-0.1, -0.05) is 0 Å². The highest BCUT2D eigenvalue weighted by Crippen LogP contribution is 2.31. The van der Waals surface area contributed by atoms with Crippen LogP contribution >= 0.6 is 0 Å². The Morgan fingerprint density at radius 3 is 2.58 bits per heavy atom. The predicted octanol–water partition coefficient (Wildman–Crippen LogP) is -0.540. The van der Waals surface area contributed by atoms with Crippen LogP contribution in [0.5, 0.6) is 0 Å². The molecule has 1 saturated heterocycles. The second-order valence-electron chi connectivity index (χ2n) is 3.12. The summed E-state index contributed by atoms with van der Waals surface area (Å²) in [5, 5.41) is 9.49. The maximum Gasteiger partial charge on any atom is 0.405 e. The van der Waals surface area contributed by atoms with Gasteiger partial charge in [0.05, 0.1) is 0 Å². The van der Waals surface area contributed by atoms with E-state index in [0.717, 1.165) is 0 Å². The molecule has 0 radical (unpaired) electrons. The fourth-order valence-corrected chi connectivity index (χ4v) is 1.05. The summed E-state index contributed by atoms with van der Waals surface area (Å²) in [5.41, 5.74) is 3.84. The second-order valence-corrected chi connectivity index (χ2v) is 3.12. The van der Waals surface area contributed by atoms with Gasteiger partial charge in [-0.2, -0.15) is 0 Å². The van der Waals surface area contributed by atoms with Crippen LogP contribution in [0.2, 0.25) is 0 Å². The van der Waals surface area contributed by atoms with Gasteiger partial charge in [-0.15, -0.1) is 0 Å². The van der Waals surface area contributed by atoms with Gasteiger partial charge in [-0.25, -0.2) is 9.86 Å². The Morgan fingerprint density at radius 2 is 2.25 bits per heavy atom. The highest BCUT2D eigenvalue weighted by atomic mass is 16.6. The fourth-order valence-electron chi connectivity index (χ4n) is 1.05. The van der Waals surface area contributed by atoms with Gasteiger partial charge in [0.15, 0.2) is 0 Å². The van der Waals surface area contributed by atoms with E-state index in [1.807, 2.05) is 0 Å². The lowest BCUT2D eigenvalue weighted by Gasteiger charge is -2.47. The highest BCUT2D eigenvalue weighted by molar-refractivity contribution is 5.90. The van der Waals surface area contributed by atoms with Crippen LogP contribution < -0.4 is 5.73 Å². The minimum absolute atomic E-state index is 0.514. The largest absolute Gasteiger partial charge is 0.434 e. The molecule has 0 aromatic rings. The van der Waals surface area contributed by atoms with Gasteiger partial charge in [0.25, 0.3) is 5.91 Å². The summed E-state index contributed by atoms with van der Waals surface area (Å²) in [6, 6.07) is 0. The monoisotopic (exact) mass is 174 g/mol. The molecule has 6 heteroatoms. The zero-order valence-electron chi connectivity index (χ0n) is 6.77. The lowest BCUT2D eigenvalue weighted by Crippen LogP contribution is -2.71. The van der Waals surface area contributed by atoms with E-state index >= 15 is 0 Å². The minimum atomic E-state index is -1.02. The third kappa shape index (κ3) is 1.00. The van der Waals surface area contributed by atoms with Gasteiger partial charge in [0.1, 0.15) is 5.54 Å². The third-order valence-corrected chi connectivity index (χ3v) is 1.85. The highest BCUT2D eigenvalue weighted by Gasteiger charge is 2.56. The van der Waals surface area contributed by atoms with E-state index in [2.05, 4.69) is 4.74 Å². The van der Waals surface area contributed by atoms with Crippen molar-refractivity contribution in [2.75, 3.05) is 0 Å². The average molecular weight is 174 g/mol. The number of nitrogens with two attached hydrogens (primary N) is 1. The number of nitrogens with zero attached hydrogens (tertiary/aromatic N) is 1. The molecule has 0 aliphatic carbocycles. The van der Waals surface area contributed by atoms with Crippen molar-refractivity contribution in [3.8, 4) is 0 Å². The first-order valence-corrected chi connectivity index (χ1v) is 3.36.